The smallest absolute Gasteiger partial charge is 0.161 e. The van der Waals surface area contributed by atoms with E-state index in [2.05, 4.69) is 30.2 Å². The minimum absolute atomic E-state index is 0.795. The van der Waals surface area contributed by atoms with Crippen LogP contribution in [0, 0.1) is 13.8 Å². The quantitative estimate of drug-likeness (QED) is 0.726. The first-order valence-electron chi connectivity index (χ1n) is 7.71. The Balaban J connectivity index is 1.94. The van der Waals surface area contributed by atoms with Gasteiger partial charge in [-0.3, -0.25) is 0 Å². The van der Waals surface area contributed by atoms with Crippen LogP contribution >= 0.6 is 0 Å². The third-order valence-electron chi connectivity index (χ3n) is 4.15. The first kappa shape index (κ1) is 13.2. The molecule has 0 fully saturated rings. The predicted octanol–water partition coefficient (Wildman–Crippen LogP) is 3.43. The van der Waals surface area contributed by atoms with Crippen LogP contribution in [0.3, 0.4) is 0 Å². The predicted molar refractivity (Wildman–Crippen MR) is 86.1 cm³/mol. The molecule has 0 atom stereocenters. The monoisotopic (exact) mass is 290 g/mol. The van der Waals surface area contributed by atoms with Crippen LogP contribution < -0.4 is 0 Å². The lowest BCUT2D eigenvalue weighted by Crippen LogP contribution is -2.09. The fourth-order valence-corrected chi connectivity index (χ4v) is 3.15. The van der Waals surface area contributed by atoms with Crippen LogP contribution in [0.2, 0.25) is 0 Å². The number of nitrogens with zero attached hydrogens (tertiary/aromatic N) is 4. The summed E-state index contributed by atoms with van der Waals surface area (Å²) in [6.45, 7) is 4.09. The van der Waals surface area contributed by atoms with Gasteiger partial charge in [-0.05, 0) is 39.2 Å². The van der Waals surface area contributed by atoms with Gasteiger partial charge < -0.3 is 0 Å². The zero-order chi connectivity index (χ0) is 15.1. The lowest BCUT2D eigenvalue weighted by atomic mass is 10.2. The lowest BCUT2D eigenvalue weighted by Gasteiger charge is -2.11. The van der Waals surface area contributed by atoms with Gasteiger partial charge in [-0.2, -0.15) is 5.10 Å². The van der Waals surface area contributed by atoms with E-state index in [-0.39, 0.29) is 0 Å². The highest BCUT2D eigenvalue weighted by Gasteiger charge is 2.22. The maximum Gasteiger partial charge on any atom is 0.161 e. The van der Waals surface area contributed by atoms with Crippen LogP contribution in [0.5, 0.6) is 0 Å². The molecule has 0 unspecified atom stereocenters. The number of benzene rings is 1. The van der Waals surface area contributed by atoms with Crippen molar-refractivity contribution in [2.24, 2.45) is 0 Å². The minimum Gasteiger partial charge on any atom is -0.233 e. The van der Waals surface area contributed by atoms with Crippen molar-refractivity contribution >= 4 is 0 Å². The molecule has 0 N–H and O–H groups in total. The van der Waals surface area contributed by atoms with E-state index >= 15 is 0 Å². The second-order valence-electron chi connectivity index (χ2n) is 5.85. The van der Waals surface area contributed by atoms with E-state index in [0.29, 0.717) is 0 Å². The van der Waals surface area contributed by atoms with Crippen LogP contribution in [-0.2, 0) is 12.8 Å². The Morgan fingerprint density at radius 2 is 1.82 bits per heavy atom. The fraction of sp³-hybridized carbons (Fsp3) is 0.278. The van der Waals surface area contributed by atoms with Gasteiger partial charge >= 0.3 is 0 Å². The summed E-state index contributed by atoms with van der Waals surface area (Å²) in [5.74, 6) is 1.75. The van der Waals surface area contributed by atoms with Gasteiger partial charge in [-0.25, -0.2) is 14.6 Å². The molecule has 0 bridgehead atoms. The summed E-state index contributed by atoms with van der Waals surface area (Å²) in [5.41, 5.74) is 5.62. The maximum atomic E-state index is 4.85. The first-order valence-corrected chi connectivity index (χ1v) is 7.71. The molecule has 110 valence electrons. The van der Waals surface area contributed by atoms with Gasteiger partial charge in [-0.15, -0.1) is 0 Å². The van der Waals surface area contributed by atoms with Gasteiger partial charge in [0.2, 0.25) is 0 Å². The topological polar surface area (TPSA) is 43.6 Å². The van der Waals surface area contributed by atoms with Gasteiger partial charge in [0.05, 0.1) is 5.69 Å². The van der Waals surface area contributed by atoms with Gasteiger partial charge in [-0.1, -0.05) is 30.3 Å². The molecular formula is C18H18N4. The first-order chi connectivity index (χ1) is 10.7. The molecule has 2 heterocycles. The van der Waals surface area contributed by atoms with Gasteiger partial charge in [0.15, 0.2) is 11.6 Å². The standard InChI is InChI=1S/C18H18N4/c1-12-11-13(2)22(21-12)18-15-9-6-10-16(15)19-17(20-18)14-7-4-3-5-8-14/h3-5,7-8,11H,6,9-10H2,1-2H3. The normalized spacial score (nSPS) is 13.4. The Kier molecular flexibility index (Phi) is 3.03. The minimum atomic E-state index is 0.795. The summed E-state index contributed by atoms with van der Waals surface area (Å²) < 4.78 is 1.97. The summed E-state index contributed by atoms with van der Waals surface area (Å²) in [7, 11) is 0. The highest BCUT2D eigenvalue weighted by atomic mass is 15.3. The summed E-state index contributed by atoms with van der Waals surface area (Å²) >= 11 is 0. The van der Waals surface area contributed by atoms with Crippen molar-refractivity contribution < 1.29 is 0 Å². The molecule has 0 aliphatic heterocycles. The van der Waals surface area contributed by atoms with Crippen LogP contribution in [0.25, 0.3) is 17.2 Å². The Hall–Kier alpha value is -2.49. The van der Waals surface area contributed by atoms with Gasteiger partial charge in [0, 0.05) is 22.5 Å². The Morgan fingerprint density at radius 1 is 1.00 bits per heavy atom. The third-order valence-corrected chi connectivity index (χ3v) is 4.15. The number of hydrogen-bond donors (Lipinski definition) is 0. The van der Waals surface area contributed by atoms with E-state index in [1.165, 1.54) is 11.3 Å². The number of aryl methyl sites for hydroxylation is 3. The zero-order valence-electron chi connectivity index (χ0n) is 12.9. The Morgan fingerprint density at radius 3 is 2.55 bits per heavy atom. The van der Waals surface area contributed by atoms with Crippen molar-refractivity contribution in [2.75, 3.05) is 0 Å². The number of hydrogen-bond acceptors (Lipinski definition) is 3. The summed E-state index contributed by atoms with van der Waals surface area (Å²) in [5, 5.41) is 4.62. The molecule has 1 aromatic carbocycles. The molecule has 4 rings (SSSR count). The van der Waals surface area contributed by atoms with Crippen molar-refractivity contribution in [3.63, 3.8) is 0 Å². The van der Waals surface area contributed by atoms with E-state index in [4.69, 9.17) is 9.97 Å². The summed E-state index contributed by atoms with van der Waals surface area (Å²) in [4.78, 5) is 9.64. The molecule has 0 spiro atoms. The second kappa shape index (κ2) is 5.05. The van der Waals surface area contributed by atoms with Crippen molar-refractivity contribution in [1.82, 2.24) is 19.7 Å². The molecule has 2 aromatic heterocycles. The molecule has 0 amide bonds. The van der Waals surface area contributed by atoms with Gasteiger partial charge in [0.1, 0.15) is 0 Å². The number of fused-ring (bicyclic) bond motifs is 1. The average molecular weight is 290 g/mol. The van der Waals surface area contributed by atoms with Gasteiger partial charge in [0.25, 0.3) is 0 Å². The fourth-order valence-electron chi connectivity index (χ4n) is 3.15. The van der Waals surface area contributed by atoms with E-state index in [1.807, 2.05) is 29.8 Å². The molecule has 1 aliphatic carbocycles. The van der Waals surface area contributed by atoms with E-state index in [9.17, 15) is 0 Å². The molecule has 0 saturated carbocycles. The van der Waals surface area contributed by atoms with Crippen LogP contribution in [-0.4, -0.2) is 19.7 Å². The van der Waals surface area contributed by atoms with E-state index in [0.717, 1.165) is 47.9 Å². The molecule has 0 radical (unpaired) electrons. The summed E-state index contributed by atoms with van der Waals surface area (Å²) in [6, 6.07) is 12.3. The molecular weight excluding hydrogens is 272 g/mol. The Bertz CT molecular complexity index is 834. The number of rotatable bonds is 2. The molecule has 0 saturated heterocycles. The number of aromatic nitrogens is 4. The lowest BCUT2D eigenvalue weighted by molar-refractivity contribution is 0.787. The largest absolute Gasteiger partial charge is 0.233 e. The van der Waals surface area contributed by atoms with Crippen molar-refractivity contribution in [1.29, 1.82) is 0 Å². The van der Waals surface area contributed by atoms with Crippen LogP contribution in [0.1, 0.15) is 29.1 Å². The van der Waals surface area contributed by atoms with Crippen molar-refractivity contribution in [3.05, 3.63) is 59.0 Å². The highest BCUT2D eigenvalue weighted by molar-refractivity contribution is 5.58. The zero-order valence-corrected chi connectivity index (χ0v) is 12.9. The SMILES string of the molecule is Cc1cc(C)n(-c2nc(-c3ccccc3)nc3c2CCC3)n1. The van der Waals surface area contributed by atoms with Crippen LogP contribution in [0.4, 0.5) is 0 Å². The molecule has 4 nitrogen and oxygen atoms in total. The molecule has 1 aliphatic rings. The Labute approximate surface area is 129 Å². The maximum absolute atomic E-state index is 4.85. The molecule has 3 aromatic rings. The van der Waals surface area contributed by atoms with Crippen molar-refractivity contribution in [3.8, 4) is 17.2 Å². The molecule has 4 heteroatoms. The van der Waals surface area contributed by atoms with E-state index < -0.39 is 0 Å². The molecule has 22 heavy (non-hydrogen) atoms. The third kappa shape index (κ3) is 2.11. The van der Waals surface area contributed by atoms with E-state index in [1.54, 1.807) is 0 Å². The summed E-state index contributed by atoms with van der Waals surface area (Å²) in [6.07, 6.45) is 3.22. The van der Waals surface area contributed by atoms with Crippen molar-refractivity contribution in [2.45, 2.75) is 33.1 Å². The highest BCUT2D eigenvalue weighted by Crippen LogP contribution is 2.28. The second-order valence-corrected chi connectivity index (χ2v) is 5.85. The van der Waals surface area contributed by atoms with Crippen LogP contribution in [0.15, 0.2) is 36.4 Å². The average Bonchev–Trinajstić information content (AvgIpc) is 3.13.